The van der Waals surface area contributed by atoms with Gasteiger partial charge in [0.2, 0.25) is 11.8 Å². The highest BCUT2D eigenvalue weighted by atomic mass is 32.2. The highest BCUT2D eigenvalue weighted by Crippen LogP contribution is 2.36. The molecule has 0 heterocycles. The van der Waals surface area contributed by atoms with Crippen LogP contribution >= 0.6 is 0 Å². The lowest BCUT2D eigenvalue weighted by atomic mass is 10.1. The van der Waals surface area contributed by atoms with E-state index in [9.17, 15) is 18.0 Å². The zero-order valence-corrected chi connectivity index (χ0v) is 26.0. The molecule has 42 heavy (non-hydrogen) atoms. The number of benzene rings is 3. The van der Waals surface area contributed by atoms with Crippen molar-refractivity contribution < 1.29 is 27.5 Å². The van der Waals surface area contributed by atoms with Crippen LogP contribution in [0.15, 0.2) is 71.6 Å². The van der Waals surface area contributed by atoms with E-state index < -0.39 is 28.5 Å². The van der Waals surface area contributed by atoms with Crippen LogP contribution < -0.4 is 19.1 Å². The van der Waals surface area contributed by atoms with Crippen molar-refractivity contribution >= 4 is 27.5 Å². The number of methoxy groups -OCH3 is 2. The molecule has 2 amide bonds. The molecule has 1 unspecified atom stereocenters. The number of sulfonamides is 1. The maximum Gasteiger partial charge on any atom is 0.264 e. The largest absolute Gasteiger partial charge is 0.497 e. The zero-order valence-electron chi connectivity index (χ0n) is 25.2. The molecule has 0 saturated carbocycles. The van der Waals surface area contributed by atoms with E-state index in [1.807, 2.05) is 52.0 Å². The van der Waals surface area contributed by atoms with Crippen molar-refractivity contribution in [2.24, 2.45) is 0 Å². The van der Waals surface area contributed by atoms with E-state index in [0.717, 1.165) is 27.4 Å². The molecule has 3 aromatic carbocycles. The average molecular weight is 596 g/mol. The first-order chi connectivity index (χ1) is 20.1. The summed E-state index contributed by atoms with van der Waals surface area (Å²) in [5, 5.41) is 2.90. The fourth-order valence-electron chi connectivity index (χ4n) is 4.60. The number of nitrogens with zero attached hydrogens (tertiary/aromatic N) is 2. The van der Waals surface area contributed by atoms with Gasteiger partial charge in [-0.3, -0.25) is 13.9 Å². The van der Waals surface area contributed by atoms with Gasteiger partial charge in [-0.15, -0.1) is 0 Å². The van der Waals surface area contributed by atoms with E-state index in [2.05, 4.69) is 5.32 Å². The van der Waals surface area contributed by atoms with E-state index in [1.54, 1.807) is 24.3 Å². The van der Waals surface area contributed by atoms with E-state index in [4.69, 9.17) is 9.47 Å². The van der Waals surface area contributed by atoms with Crippen LogP contribution in [0.25, 0.3) is 0 Å². The van der Waals surface area contributed by atoms with Gasteiger partial charge in [0, 0.05) is 19.2 Å². The molecular weight excluding hydrogens is 554 g/mol. The van der Waals surface area contributed by atoms with E-state index in [0.29, 0.717) is 18.7 Å². The van der Waals surface area contributed by atoms with Crippen molar-refractivity contribution in [2.75, 3.05) is 31.6 Å². The van der Waals surface area contributed by atoms with Crippen LogP contribution in [0.5, 0.6) is 11.5 Å². The number of hydrogen-bond acceptors (Lipinski definition) is 6. The van der Waals surface area contributed by atoms with Crippen LogP contribution in [-0.4, -0.2) is 58.5 Å². The van der Waals surface area contributed by atoms with Crippen molar-refractivity contribution in [3.63, 3.8) is 0 Å². The smallest absolute Gasteiger partial charge is 0.264 e. The molecule has 0 spiro atoms. The Balaban J connectivity index is 2.15. The fourth-order valence-corrected chi connectivity index (χ4v) is 6.02. The number of carbonyl (C=O) groups is 2. The second-order valence-corrected chi connectivity index (χ2v) is 11.9. The average Bonchev–Trinajstić information content (AvgIpc) is 2.99. The van der Waals surface area contributed by atoms with Gasteiger partial charge in [-0.2, -0.15) is 0 Å². The normalized spacial score (nSPS) is 11.9. The van der Waals surface area contributed by atoms with Crippen LogP contribution in [0, 0.1) is 13.8 Å². The number of anilines is 1. The monoisotopic (exact) mass is 595 g/mol. The minimum Gasteiger partial charge on any atom is -0.497 e. The summed E-state index contributed by atoms with van der Waals surface area (Å²) in [7, 11) is -1.35. The molecule has 9 nitrogen and oxygen atoms in total. The summed E-state index contributed by atoms with van der Waals surface area (Å²) in [5.74, 6) is -0.174. The molecule has 10 heteroatoms. The van der Waals surface area contributed by atoms with E-state index in [1.165, 1.54) is 37.3 Å². The van der Waals surface area contributed by atoms with Crippen LogP contribution in [-0.2, 0) is 26.2 Å². The first-order valence-corrected chi connectivity index (χ1v) is 15.4. The highest BCUT2D eigenvalue weighted by molar-refractivity contribution is 7.92. The SMILES string of the molecule is CCCNC(=O)C(CC)N(Cc1ccccc1C)C(=O)CN(c1cc(OC)ccc1OC)S(=O)(=O)c1ccc(C)cc1. The first-order valence-electron chi connectivity index (χ1n) is 14.0. The van der Waals surface area contributed by atoms with Crippen LogP contribution in [0.3, 0.4) is 0 Å². The summed E-state index contributed by atoms with van der Waals surface area (Å²) < 4.78 is 40.3. The van der Waals surface area contributed by atoms with Crippen molar-refractivity contribution in [1.82, 2.24) is 10.2 Å². The Kier molecular flexibility index (Phi) is 11.4. The van der Waals surface area contributed by atoms with Crippen molar-refractivity contribution in [3.05, 3.63) is 83.4 Å². The Labute approximate surface area is 249 Å². The molecule has 0 saturated heterocycles. The Hall–Kier alpha value is -4.05. The van der Waals surface area contributed by atoms with Gasteiger partial charge in [0.15, 0.2) is 0 Å². The quantitative estimate of drug-likeness (QED) is 0.286. The minimum absolute atomic E-state index is 0.0176. The predicted octanol–water partition coefficient (Wildman–Crippen LogP) is 4.85. The number of rotatable bonds is 14. The molecule has 226 valence electrons. The fraction of sp³-hybridized carbons (Fsp3) is 0.375. The van der Waals surface area contributed by atoms with Gasteiger partial charge in [-0.1, -0.05) is 55.8 Å². The molecule has 0 aliphatic heterocycles. The third-order valence-electron chi connectivity index (χ3n) is 7.08. The summed E-state index contributed by atoms with van der Waals surface area (Å²) in [6.45, 7) is 7.62. The van der Waals surface area contributed by atoms with E-state index in [-0.39, 0.29) is 28.8 Å². The van der Waals surface area contributed by atoms with Crippen molar-refractivity contribution in [1.29, 1.82) is 0 Å². The number of carbonyl (C=O) groups excluding carboxylic acids is 2. The Morgan fingerprint density at radius 1 is 0.929 bits per heavy atom. The third-order valence-corrected chi connectivity index (χ3v) is 8.85. The zero-order chi connectivity index (χ0) is 30.9. The lowest BCUT2D eigenvalue weighted by Crippen LogP contribution is -2.52. The Morgan fingerprint density at radius 2 is 1.62 bits per heavy atom. The van der Waals surface area contributed by atoms with E-state index >= 15 is 0 Å². The second kappa shape index (κ2) is 14.7. The Bertz CT molecular complexity index is 1470. The second-order valence-electron chi connectivity index (χ2n) is 10.0. The maximum atomic E-state index is 14.3. The van der Waals surface area contributed by atoms with Gasteiger partial charge in [0.1, 0.15) is 24.1 Å². The first kappa shape index (κ1) is 32.5. The maximum absolute atomic E-state index is 14.3. The molecule has 3 rings (SSSR count). The number of aryl methyl sites for hydroxylation is 2. The lowest BCUT2D eigenvalue weighted by Gasteiger charge is -2.34. The number of hydrogen-bond donors (Lipinski definition) is 1. The molecule has 0 radical (unpaired) electrons. The van der Waals surface area contributed by atoms with Crippen LogP contribution in [0.1, 0.15) is 43.4 Å². The number of amides is 2. The summed E-state index contributed by atoms with van der Waals surface area (Å²) in [4.78, 5) is 29.0. The third kappa shape index (κ3) is 7.61. The van der Waals surface area contributed by atoms with Gasteiger partial charge in [0.05, 0.1) is 24.8 Å². The predicted molar refractivity (Wildman–Crippen MR) is 164 cm³/mol. The molecule has 0 aliphatic rings. The van der Waals surface area contributed by atoms with Crippen molar-refractivity contribution in [2.45, 2.75) is 58.0 Å². The molecule has 0 aromatic heterocycles. The summed E-state index contributed by atoms with van der Waals surface area (Å²) in [5.41, 5.74) is 2.85. The molecule has 1 N–H and O–H groups in total. The van der Waals surface area contributed by atoms with Gasteiger partial charge in [-0.25, -0.2) is 8.42 Å². The van der Waals surface area contributed by atoms with Crippen LogP contribution in [0.2, 0.25) is 0 Å². The van der Waals surface area contributed by atoms with Crippen LogP contribution in [0.4, 0.5) is 5.69 Å². The summed E-state index contributed by atoms with van der Waals surface area (Å²) in [6, 6.07) is 18.0. The molecule has 0 bridgehead atoms. The molecular formula is C32H41N3O6S. The molecule has 1 atom stereocenters. The van der Waals surface area contributed by atoms with Gasteiger partial charge in [-0.05, 0) is 62.1 Å². The summed E-state index contributed by atoms with van der Waals surface area (Å²) in [6.07, 6.45) is 1.09. The van der Waals surface area contributed by atoms with Crippen molar-refractivity contribution in [3.8, 4) is 11.5 Å². The lowest BCUT2D eigenvalue weighted by molar-refractivity contribution is -0.140. The van der Waals surface area contributed by atoms with Gasteiger partial charge in [0.25, 0.3) is 10.0 Å². The Morgan fingerprint density at radius 3 is 2.21 bits per heavy atom. The summed E-state index contributed by atoms with van der Waals surface area (Å²) >= 11 is 0. The van der Waals surface area contributed by atoms with Gasteiger partial charge >= 0.3 is 0 Å². The topological polar surface area (TPSA) is 105 Å². The molecule has 3 aromatic rings. The number of ether oxygens (including phenoxy) is 2. The molecule has 0 aliphatic carbocycles. The van der Waals surface area contributed by atoms with Gasteiger partial charge < -0.3 is 19.7 Å². The highest BCUT2D eigenvalue weighted by Gasteiger charge is 2.35. The minimum atomic E-state index is -4.26. The standard InChI is InChI=1S/C32H41N3O6S/c1-7-19-33-32(37)28(8-2)34(21-25-12-10-9-11-24(25)4)31(36)22-35(29-20-26(40-5)15-18-30(29)41-6)42(38,39)27-16-13-23(3)14-17-27/h9-18,20,28H,7-8,19,21-22H2,1-6H3,(H,33,37). The number of nitrogens with one attached hydrogen (secondary N) is 1. The molecule has 0 fully saturated rings.